The van der Waals surface area contributed by atoms with E-state index in [1.807, 2.05) is 45.3 Å². The molecule has 0 unspecified atom stereocenters. The number of carbonyl (C=O) groups is 1. The summed E-state index contributed by atoms with van der Waals surface area (Å²) < 4.78 is 1.76. The van der Waals surface area contributed by atoms with E-state index in [9.17, 15) is 9.59 Å². The summed E-state index contributed by atoms with van der Waals surface area (Å²) in [5, 5.41) is 4.93. The Morgan fingerprint density at radius 1 is 1.09 bits per heavy atom. The number of anilines is 2. The summed E-state index contributed by atoms with van der Waals surface area (Å²) in [5.41, 5.74) is 3.97. The molecule has 1 heterocycles. The van der Waals surface area contributed by atoms with Gasteiger partial charge in [-0.2, -0.15) is 0 Å². The van der Waals surface area contributed by atoms with Gasteiger partial charge in [-0.25, -0.2) is 0 Å². The van der Waals surface area contributed by atoms with Crippen molar-refractivity contribution in [3.05, 3.63) is 69.0 Å². The minimum Gasteiger partial charge on any atom is -0.384 e. The molecule has 2 aromatic carbocycles. The van der Waals surface area contributed by atoms with Crippen LogP contribution in [0.1, 0.15) is 49.0 Å². The molecule has 1 amide bonds. The highest BCUT2D eigenvalue weighted by Crippen LogP contribution is 2.29. The van der Waals surface area contributed by atoms with Crippen LogP contribution in [0.15, 0.2) is 47.3 Å². The van der Waals surface area contributed by atoms with Gasteiger partial charge in [-0.15, -0.1) is 0 Å². The lowest BCUT2D eigenvalue weighted by atomic mass is 9.98. The molecule has 0 bridgehead atoms. The Labute approximate surface area is 207 Å². The highest BCUT2D eigenvalue weighted by atomic mass is 35.5. The van der Waals surface area contributed by atoms with Crippen molar-refractivity contribution < 1.29 is 4.79 Å². The number of fused-ring (bicyclic) bond motifs is 1. The third kappa shape index (κ3) is 5.62. The van der Waals surface area contributed by atoms with Gasteiger partial charge in [-0.1, -0.05) is 25.4 Å². The molecule has 0 saturated carbocycles. The zero-order chi connectivity index (χ0) is 25.0. The SMILES string of the molecule is CCn1c(=O)cc(C(C)C)c2cc(N(C)C(=O)c3ccc(Cl)c(NCCCN(C)C)c3)ccc21. The first-order valence-electron chi connectivity index (χ1n) is 11.8. The molecule has 1 N–H and O–H groups in total. The molecule has 0 aliphatic rings. The monoisotopic (exact) mass is 482 g/mol. The van der Waals surface area contributed by atoms with Crippen molar-refractivity contribution in [1.29, 1.82) is 0 Å². The number of halogens is 1. The predicted molar refractivity (Wildman–Crippen MR) is 144 cm³/mol. The zero-order valence-corrected chi connectivity index (χ0v) is 21.7. The number of nitrogens with one attached hydrogen (secondary N) is 1. The molecule has 6 nitrogen and oxygen atoms in total. The maximum absolute atomic E-state index is 13.4. The van der Waals surface area contributed by atoms with Gasteiger partial charge >= 0.3 is 0 Å². The average molecular weight is 483 g/mol. The first-order valence-corrected chi connectivity index (χ1v) is 12.2. The van der Waals surface area contributed by atoms with E-state index in [1.165, 1.54) is 0 Å². The number of hydrogen-bond donors (Lipinski definition) is 1. The van der Waals surface area contributed by atoms with E-state index in [0.29, 0.717) is 17.1 Å². The molecule has 0 saturated heterocycles. The van der Waals surface area contributed by atoms with Gasteiger partial charge in [0.2, 0.25) is 0 Å². The Kier molecular flexibility index (Phi) is 8.39. The molecule has 0 radical (unpaired) electrons. The summed E-state index contributed by atoms with van der Waals surface area (Å²) in [5.74, 6) is 0.0672. The highest BCUT2D eigenvalue weighted by molar-refractivity contribution is 6.33. The van der Waals surface area contributed by atoms with Crippen molar-refractivity contribution in [3.8, 4) is 0 Å². The molecule has 0 spiro atoms. The van der Waals surface area contributed by atoms with Gasteiger partial charge in [0.05, 0.1) is 16.2 Å². The smallest absolute Gasteiger partial charge is 0.258 e. The highest BCUT2D eigenvalue weighted by Gasteiger charge is 2.18. The van der Waals surface area contributed by atoms with E-state index in [0.717, 1.165) is 47.4 Å². The second-order valence-corrected chi connectivity index (χ2v) is 9.59. The van der Waals surface area contributed by atoms with E-state index in [4.69, 9.17) is 11.6 Å². The van der Waals surface area contributed by atoms with Crippen LogP contribution >= 0.6 is 11.6 Å². The van der Waals surface area contributed by atoms with Crippen LogP contribution in [0.4, 0.5) is 11.4 Å². The number of aromatic nitrogens is 1. The summed E-state index contributed by atoms with van der Waals surface area (Å²) in [7, 11) is 5.86. The predicted octanol–water partition coefficient (Wildman–Crippen LogP) is 5.44. The molecule has 0 atom stereocenters. The van der Waals surface area contributed by atoms with E-state index < -0.39 is 0 Å². The van der Waals surface area contributed by atoms with Gasteiger partial charge in [-0.3, -0.25) is 9.59 Å². The Bertz CT molecular complexity index is 1230. The molecule has 3 aromatic rings. The van der Waals surface area contributed by atoms with Crippen LogP contribution < -0.4 is 15.8 Å². The molecular formula is C27H35ClN4O2. The lowest BCUT2D eigenvalue weighted by molar-refractivity contribution is 0.0993. The summed E-state index contributed by atoms with van der Waals surface area (Å²) >= 11 is 6.37. The van der Waals surface area contributed by atoms with Crippen molar-refractivity contribution in [2.75, 3.05) is 44.4 Å². The van der Waals surface area contributed by atoms with Crippen LogP contribution in [0.3, 0.4) is 0 Å². The third-order valence-corrected chi connectivity index (χ3v) is 6.40. The minimum absolute atomic E-state index is 0.00246. The Balaban J connectivity index is 1.91. The fraction of sp³-hybridized carbons (Fsp3) is 0.407. The number of rotatable bonds is 9. The van der Waals surface area contributed by atoms with Crippen LogP contribution in [-0.2, 0) is 6.54 Å². The quantitative estimate of drug-likeness (QED) is 0.413. The van der Waals surface area contributed by atoms with Crippen molar-refractivity contribution in [2.24, 2.45) is 0 Å². The molecule has 0 aliphatic heterocycles. The summed E-state index contributed by atoms with van der Waals surface area (Å²) in [6, 6.07) is 12.9. The van der Waals surface area contributed by atoms with Gasteiger partial charge in [0, 0.05) is 42.8 Å². The first-order chi connectivity index (χ1) is 16.1. The van der Waals surface area contributed by atoms with Gasteiger partial charge in [-0.05, 0) is 81.9 Å². The number of amides is 1. The average Bonchev–Trinajstić information content (AvgIpc) is 2.80. The third-order valence-electron chi connectivity index (χ3n) is 6.07. The molecule has 3 rings (SSSR count). The molecule has 1 aromatic heterocycles. The molecular weight excluding hydrogens is 448 g/mol. The van der Waals surface area contributed by atoms with Crippen LogP contribution in [0.5, 0.6) is 0 Å². The van der Waals surface area contributed by atoms with Gasteiger partial charge < -0.3 is 19.7 Å². The normalized spacial score (nSPS) is 11.4. The Hall–Kier alpha value is -2.83. The lowest BCUT2D eigenvalue weighted by Crippen LogP contribution is -2.26. The van der Waals surface area contributed by atoms with E-state index in [2.05, 4.69) is 24.1 Å². The number of hydrogen-bond acceptors (Lipinski definition) is 4. The second-order valence-electron chi connectivity index (χ2n) is 9.18. The first kappa shape index (κ1) is 25.8. The number of aryl methyl sites for hydroxylation is 1. The van der Waals surface area contributed by atoms with Crippen LogP contribution in [0.2, 0.25) is 5.02 Å². The van der Waals surface area contributed by atoms with Crippen molar-refractivity contribution in [1.82, 2.24) is 9.47 Å². The maximum Gasteiger partial charge on any atom is 0.258 e. The van der Waals surface area contributed by atoms with Crippen molar-refractivity contribution in [2.45, 2.75) is 39.7 Å². The number of benzene rings is 2. The fourth-order valence-electron chi connectivity index (χ4n) is 4.13. The van der Waals surface area contributed by atoms with Gasteiger partial charge in [0.15, 0.2) is 0 Å². The lowest BCUT2D eigenvalue weighted by Gasteiger charge is -2.21. The van der Waals surface area contributed by atoms with Gasteiger partial charge in [0.25, 0.3) is 11.5 Å². The Morgan fingerprint density at radius 3 is 2.47 bits per heavy atom. The van der Waals surface area contributed by atoms with E-state index in [1.54, 1.807) is 34.7 Å². The summed E-state index contributed by atoms with van der Waals surface area (Å²) in [4.78, 5) is 29.7. The van der Waals surface area contributed by atoms with Crippen molar-refractivity contribution >= 4 is 39.8 Å². The van der Waals surface area contributed by atoms with Crippen LogP contribution in [0.25, 0.3) is 10.9 Å². The zero-order valence-electron chi connectivity index (χ0n) is 21.0. The summed E-state index contributed by atoms with van der Waals surface area (Å²) in [6.45, 7) is 8.45. The second kappa shape index (κ2) is 11.1. The number of nitrogens with zero attached hydrogens (tertiary/aromatic N) is 3. The largest absolute Gasteiger partial charge is 0.384 e. The van der Waals surface area contributed by atoms with E-state index in [-0.39, 0.29) is 17.4 Å². The van der Waals surface area contributed by atoms with Crippen molar-refractivity contribution in [3.63, 3.8) is 0 Å². The Morgan fingerprint density at radius 2 is 1.82 bits per heavy atom. The topological polar surface area (TPSA) is 57.6 Å². The maximum atomic E-state index is 13.4. The van der Waals surface area contributed by atoms with Crippen LogP contribution in [0, 0.1) is 0 Å². The molecule has 7 heteroatoms. The minimum atomic E-state index is -0.123. The molecule has 0 fully saturated rings. The van der Waals surface area contributed by atoms with Crippen LogP contribution in [-0.4, -0.2) is 49.6 Å². The molecule has 34 heavy (non-hydrogen) atoms. The molecule has 182 valence electrons. The number of carbonyl (C=O) groups excluding carboxylic acids is 1. The van der Waals surface area contributed by atoms with Gasteiger partial charge in [0.1, 0.15) is 0 Å². The van der Waals surface area contributed by atoms with E-state index >= 15 is 0 Å². The fourth-order valence-corrected chi connectivity index (χ4v) is 4.32. The summed E-state index contributed by atoms with van der Waals surface area (Å²) in [6.07, 6.45) is 0.972. The number of pyridine rings is 1. The standard InChI is InChI=1S/C27H35ClN4O2/c1-7-32-25-12-10-20(16-22(25)21(18(2)3)17-26(32)33)31(6)27(34)19-9-11-23(28)24(15-19)29-13-8-14-30(4)5/h9-12,15-18,29H,7-8,13-14H2,1-6H3. The molecule has 0 aliphatic carbocycles.